The average molecular weight is 279 g/mol. The molecule has 19 heavy (non-hydrogen) atoms. The van der Waals surface area contributed by atoms with Crippen molar-refractivity contribution in [1.29, 1.82) is 0 Å². The van der Waals surface area contributed by atoms with E-state index in [0.717, 1.165) is 23.2 Å². The van der Waals surface area contributed by atoms with E-state index in [2.05, 4.69) is 16.4 Å². The summed E-state index contributed by atoms with van der Waals surface area (Å²) in [5, 5.41) is 3.78. The van der Waals surface area contributed by atoms with Crippen molar-refractivity contribution in [2.75, 3.05) is 6.54 Å². The largest absolute Gasteiger partial charge is 0.306 e. The van der Waals surface area contributed by atoms with Crippen molar-refractivity contribution < 1.29 is 4.39 Å². The molecule has 4 heteroatoms. The smallest absolute Gasteiger partial charge is 0.124 e. The Hall–Kier alpha value is -1.45. The standard InChI is InChI=1S/C15H16ClFN2/c1-3-19-15(11-6-10(2)8-18-9-11)13-5-4-12(17)7-14(13)16/h4-9,15,19H,3H2,1-2H3. The Balaban J connectivity index is 2.45. The molecule has 0 aliphatic rings. The van der Waals surface area contributed by atoms with Gasteiger partial charge in [-0.05, 0) is 42.3 Å². The van der Waals surface area contributed by atoms with Gasteiger partial charge in [0.2, 0.25) is 0 Å². The van der Waals surface area contributed by atoms with E-state index >= 15 is 0 Å². The molecular weight excluding hydrogens is 263 g/mol. The molecule has 0 aliphatic heterocycles. The summed E-state index contributed by atoms with van der Waals surface area (Å²) in [6, 6.07) is 6.46. The van der Waals surface area contributed by atoms with E-state index in [0.29, 0.717) is 5.02 Å². The van der Waals surface area contributed by atoms with Crippen molar-refractivity contribution >= 4 is 11.6 Å². The first-order valence-corrected chi connectivity index (χ1v) is 6.59. The predicted molar refractivity (Wildman–Crippen MR) is 75.9 cm³/mol. The highest BCUT2D eigenvalue weighted by atomic mass is 35.5. The number of aryl methyl sites for hydroxylation is 1. The number of benzene rings is 1. The van der Waals surface area contributed by atoms with Crippen LogP contribution in [0.15, 0.2) is 36.7 Å². The number of halogens is 2. The van der Waals surface area contributed by atoms with Crippen molar-refractivity contribution in [3.05, 3.63) is 64.2 Å². The topological polar surface area (TPSA) is 24.9 Å². The molecule has 0 spiro atoms. The Labute approximate surface area is 117 Å². The highest BCUT2D eigenvalue weighted by molar-refractivity contribution is 6.31. The van der Waals surface area contributed by atoms with Crippen LogP contribution in [0.25, 0.3) is 0 Å². The average Bonchev–Trinajstić information content (AvgIpc) is 2.37. The molecule has 0 radical (unpaired) electrons. The van der Waals surface area contributed by atoms with Crippen LogP contribution in [0.2, 0.25) is 5.02 Å². The molecule has 1 heterocycles. The zero-order chi connectivity index (χ0) is 13.8. The van der Waals surface area contributed by atoms with Crippen LogP contribution in [-0.4, -0.2) is 11.5 Å². The Morgan fingerprint density at radius 2 is 2.11 bits per heavy atom. The maximum atomic E-state index is 13.1. The van der Waals surface area contributed by atoms with Gasteiger partial charge in [0.05, 0.1) is 6.04 Å². The second-order valence-electron chi connectivity index (χ2n) is 4.45. The van der Waals surface area contributed by atoms with E-state index in [9.17, 15) is 4.39 Å². The monoisotopic (exact) mass is 278 g/mol. The molecule has 0 bridgehead atoms. The van der Waals surface area contributed by atoms with E-state index in [4.69, 9.17) is 11.6 Å². The van der Waals surface area contributed by atoms with Crippen LogP contribution in [0.1, 0.15) is 29.7 Å². The molecule has 1 unspecified atom stereocenters. The van der Waals surface area contributed by atoms with Crippen molar-refractivity contribution in [1.82, 2.24) is 10.3 Å². The second-order valence-corrected chi connectivity index (χ2v) is 4.86. The Morgan fingerprint density at radius 3 is 2.74 bits per heavy atom. The van der Waals surface area contributed by atoms with E-state index in [1.807, 2.05) is 13.8 Å². The molecule has 0 aliphatic carbocycles. The van der Waals surface area contributed by atoms with Crippen molar-refractivity contribution in [2.24, 2.45) is 0 Å². The van der Waals surface area contributed by atoms with Crippen LogP contribution in [0.4, 0.5) is 4.39 Å². The van der Waals surface area contributed by atoms with Crippen molar-refractivity contribution in [2.45, 2.75) is 19.9 Å². The zero-order valence-corrected chi connectivity index (χ0v) is 11.7. The molecular formula is C15H16ClFN2. The van der Waals surface area contributed by atoms with Gasteiger partial charge in [0, 0.05) is 17.4 Å². The van der Waals surface area contributed by atoms with Gasteiger partial charge >= 0.3 is 0 Å². The van der Waals surface area contributed by atoms with Gasteiger partial charge in [-0.25, -0.2) is 4.39 Å². The van der Waals surface area contributed by atoms with E-state index < -0.39 is 0 Å². The Morgan fingerprint density at radius 1 is 1.32 bits per heavy atom. The lowest BCUT2D eigenvalue weighted by atomic mass is 9.99. The van der Waals surface area contributed by atoms with Gasteiger partial charge in [-0.3, -0.25) is 4.98 Å². The molecule has 1 aromatic heterocycles. The first-order chi connectivity index (χ1) is 9.11. The van der Waals surface area contributed by atoms with Crippen LogP contribution >= 0.6 is 11.6 Å². The van der Waals surface area contributed by atoms with Crippen LogP contribution in [0.3, 0.4) is 0 Å². The fourth-order valence-corrected chi connectivity index (χ4v) is 2.36. The van der Waals surface area contributed by atoms with Gasteiger partial charge in [0.25, 0.3) is 0 Å². The summed E-state index contributed by atoms with van der Waals surface area (Å²) in [6.07, 6.45) is 3.61. The first-order valence-electron chi connectivity index (χ1n) is 6.21. The van der Waals surface area contributed by atoms with Gasteiger partial charge < -0.3 is 5.32 Å². The summed E-state index contributed by atoms with van der Waals surface area (Å²) in [7, 11) is 0. The third-order valence-corrected chi connectivity index (χ3v) is 3.24. The summed E-state index contributed by atoms with van der Waals surface area (Å²) in [4.78, 5) is 4.20. The lowest BCUT2D eigenvalue weighted by Gasteiger charge is -2.20. The van der Waals surface area contributed by atoms with Crippen LogP contribution < -0.4 is 5.32 Å². The lowest BCUT2D eigenvalue weighted by Crippen LogP contribution is -2.22. The minimum Gasteiger partial charge on any atom is -0.306 e. The minimum absolute atomic E-state index is 0.0782. The fraction of sp³-hybridized carbons (Fsp3) is 0.267. The molecule has 2 rings (SSSR count). The summed E-state index contributed by atoms with van der Waals surface area (Å²) in [5.41, 5.74) is 2.96. The van der Waals surface area contributed by atoms with Gasteiger partial charge in [-0.1, -0.05) is 30.7 Å². The predicted octanol–water partition coefficient (Wildman–Crippen LogP) is 3.88. The number of aromatic nitrogens is 1. The molecule has 1 aromatic carbocycles. The van der Waals surface area contributed by atoms with E-state index in [1.54, 1.807) is 18.5 Å². The minimum atomic E-state index is -0.327. The Bertz CT molecular complexity index is 572. The number of hydrogen-bond donors (Lipinski definition) is 1. The highest BCUT2D eigenvalue weighted by Crippen LogP contribution is 2.28. The molecule has 0 saturated carbocycles. The van der Waals surface area contributed by atoms with E-state index in [1.165, 1.54) is 12.1 Å². The van der Waals surface area contributed by atoms with Crippen LogP contribution in [0, 0.1) is 12.7 Å². The van der Waals surface area contributed by atoms with Crippen LogP contribution in [-0.2, 0) is 0 Å². The first kappa shape index (κ1) is 14.0. The van der Waals surface area contributed by atoms with Crippen LogP contribution in [0.5, 0.6) is 0 Å². The van der Waals surface area contributed by atoms with Gasteiger partial charge in [0.15, 0.2) is 0 Å². The summed E-state index contributed by atoms with van der Waals surface area (Å²) in [6.45, 7) is 4.80. The molecule has 2 aromatic rings. The number of pyridine rings is 1. The second kappa shape index (κ2) is 6.13. The number of rotatable bonds is 4. The number of nitrogens with one attached hydrogen (secondary N) is 1. The molecule has 0 saturated heterocycles. The SMILES string of the molecule is CCNC(c1cncc(C)c1)c1ccc(F)cc1Cl. The molecule has 0 amide bonds. The van der Waals surface area contributed by atoms with Crippen molar-refractivity contribution in [3.8, 4) is 0 Å². The van der Waals surface area contributed by atoms with Gasteiger partial charge in [-0.2, -0.15) is 0 Å². The number of hydrogen-bond acceptors (Lipinski definition) is 2. The number of nitrogens with zero attached hydrogens (tertiary/aromatic N) is 1. The molecule has 1 atom stereocenters. The van der Waals surface area contributed by atoms with Crippen molar-refractivity contribution in [3.63, 3.8) is 0 Å². The normalized spacial score (nSPS) is 12.4. The zero-order valence-electron chi connectivity index (χ0n) is 11.0. The fourth-order valence-electron chi connectivity index (χ4n) is 2.08. The maximum Gasteiger partial charge on any atom is 0.124 e. The molecule has 100 valence electrons. The summed E-state index contributed by atoms with van der Waals surface area (Å²) >= 11 is 6.15. The quantitative estimate of drug-likeness (QED) is 0.918. The molecule has 2 nitrogen and oxygen atoms in total. The summed E-state index contributed by atoms with van der Waals surface area (Å²) < 4.78 is 13.1. The van der Waals surface area contributed by atoms with E-state index in [-0.39, 0.29) is 11.9 Å². The molecule has 0 fully saturated rings. The lowest BCUT2D eigenvalue weighted by molar-refractivity contribution is 0.612. The van der Waals surface area contributed by atoms with Gasteiger partial charge in [-0.15, -0.1) is 0 Å². The van der Waals surface area contributed by atoms with Gasteiger partial charge in [0.1, 0.15) is 5.82 Å². The molecule has 1 N–H and O–H groups in total. The Kier molecular flexibility index (Phi) is 4.51. The maximum absolute atomic E-state index is 13.1. The third kappa shape index (κ3) is 3.31. The highest BCUT2D eigenvalue weighted by Gasteiger charge is 2.16. The summed E-state index contributed by atoms with van der Waals surface area (Å²) in [5.74, 6) is -0.327. The third-order valence-electron chi connectivity index (χ3n) is 2.91.